The number of halogens is 1. The van der Waals surface area contributed by atoms with Gasteiger partial charge in [0.15, 0.2) is 0 Å². The van der Waals surface area contributed by atoms with Crippen LogP contribution in [0.5, 0.6) is 0 Å². The van der Waals surface area contributed by atoms with Crippen LogP contribution in [0.3, 0.4) is 0 Å². The lowest BCUT2D eigenvalue weighted by atomic mass is 10.0. The molecule has 0 aliphatic rings. The van der Waals surface area contributed by atoms with Crippen LogP contribution in [0.4, 0.5) is 4.39 Å². The molecule has 24 heavy (non-hydrogen) atoms. The average molecular weight is 329 g/mol. The first-order valence-electron chi connectivity index (χ1n) is 7.72. The second-order valence-electron chi connectivity index (χ2n) is 5.39. The van der Waals surface area contributed by atoms with Crippen LogP contribution < -0.4 is 0 Å². The van der Waals surface area contributed by atoms with Crippen molar-refractivity contribution in [2.24, 2.45) is 0 Å². The van der Waals surface area contributed by atoms with E-state index in [1.54, 1.807) is 6.07 Å². The van der Waals surface area contributed by atoms with Gasteiger partial charge in [-0.25, -0.2) is 4.39 Å². The summed E-state index contributed by atoms with van der Waals surface area (Å²) in [6.07, 6.45) is 0.0495. The van der Waals surface area contributed by atoms with Crippen LogP contribution >= 0.6 is 0 Å². The first kappa shape index (κ1) is 17.7. The number of hydrogen-bond donors (Lipinski definition) is 0. The van der Waals surface area contributed by atoms with Gasteiger partial charge < -0.3 is 9.64 Å². The minimum atomic E-state index is -0.578. The summed E-state index contributed by atoms with van der Waals surface area (Å²) in [6.45, 7) is 2.00. The molecule has 0 N–H and O–H groups in total. The smallest absolute Gasteiger partial charge is 0.307 e. The van der Waals surface area contributed by atoms with Gasteiger partial charge in [-0.1, -0.05) is 42.5 Å². The normalized spacial score (nSPS) is 11.6. The molecule has 1 amide bonds. The van der Waals surface area contributed by atoms with Gasteiger partial charge >= 0.3 is 5.97 Å². The minimum Gasteiger partial charge on any atom is -0.469 e. The van der Waals surface area contributed by atoms with E-state index in [0.29, 0.717) is 0 Å². The maximum Gasteiger partial charge on any atom is 0.307 e. The number of methoxy groups -OCH3 is 1. The number of carbonyl (C=O) groups is 2. The van der Waals surface area contributed by atoms with Gasteiger partial charge in [0.25, 0.3) is 5.91 Å². The van der Waals surface area contributed by atoms with E-state index in [2.05, 4.69) is 4.74 Å². The predicted molar refractivity (Wildman–Crippen MR) is 88.9 cm³/mol. The molecule has 0 fully saturated rings. The van der Waals surface area contributed by atoms with E-state index in [0.717, 1.165) is 5.56 Å². The van der Waals surface area contributed by atoms with E-state index in [1.165, 1.54) is 30.2 Å². The Morgan fingerprint density at radius 1 is 1.08 bits per heavy atom. The van der Waals surface area contributed by atoms with Crippen molar-refractivity contribution in [2.45, 2.75) is 19.4 Å². The molecule has 0 aromatic heterocycles. The topological polar surface area (TPSA) is 46.6 Å². The second kappa shape index (κ2) is 8.24. The lowest BCUT2D eigenvalue weighted by Gasteiger charge is -2.29. The molecule has 0 heterocycles. The molecule has 0 bridgehead atoms. The first-order chi connectivity index (χ1) is 11.5. The van der Waals surface area contributed by atoms with Crippen molar-refractivity contribution >= 4 is 11.9 Å². The fourth-order valence-electron chi connectivity index (χ4n) is 2.49. The molecule has 126 valence electrons. The molecule has 0 saturated carbocycles. The molecule has 0 radical (unpaired) electrons. The summed E-state index contributed by atoms with van der Waals surface area (Å²) in [5, 5.41) is 0. The van der Waals surface area contributed by atoms with Crippen molar-refractivity contribution in [1.29, 1.82) is 0 Å². The van der Waals surface area contributed by atoms with Crippen molar-refractivity contribution in [2.75, 3.05) is 13.7 Å². The standard InChI is InChI=1S/C19H20FNO3/c1-14(15-8-4-3-5-9-15)21(13-12-18(22)24-2)19(23)16-10-6-7-11-17(16)20/h3-11,14H,12-13H2,1-2H3. The number of nitrogens with zero attached hydrogens (tertiary/aromatic N) is 1. The summed E-state index contributed by atoms with van der Waals surface area (Å²) >= 11 is 0. The van der Waals surface area contributed by atoms with Crippen LogP contribution in [0.2, 0.25) is 0 Å². The van der Waals surface area contributed by atoms with Gasteiger partial charge in [-0.15, -0.1) is 0 Å². The highest BCUT2D eigenvalue weighted by Gasteiger charge is 2.25. The maximum atomic E-state index is 14.0. The number of esters is 1. The minimum absolute atomic E-state index is 0.00912. The third-order valence-corrected chi connectivity index (χ3v) is 3.90. The molecule has 0 aliphatic carbocycles. The van der Waals surface area contributed by atoms with Crippen LogP contribution in [0.1, 0.15) is 35.3 Å². The van der Waals surface area contributed by atoms with Crippen LogP contribution in [-0.2, 0) is 9.53 Å². The lowest BCUT2D eigenvalue weighted by Crippen LogP contribution is -2.36. The Bertz CT molecular complexity index is 703. The molecule has 2 aromatic carbocycles. The van der Waals surface area contributed by atoms with E-state index in [1.807, 2.05) is 37.3 Å². The Labute approximate surface area is 140 Å². The van der Waals surface area contributed by atoms with Crippen LogP contribution in [0.15, 0.2) is 54.6 Å². The Morgan fingerprint density at radius 3 is 2.33 bits per heavy atom. The molecule has 0 spiro atoms. The molecule has 0 aliphatic heterocycles. The summed E-state index contributed by atoms with van der Waals surface area (Å²) in [7, 11) is 1.30. The van der Waals surface area contributed by atoms with E-state index in [4.69, 9.17) is 0 Å². The fraction of sp³-hybridized carbons (Fsp3) is 0.263. The zero-order valence-corrected chi connectivity index (χ0v) is 13.7. The number of ether oxygens (including phenoxy) is 1. The van der Waals surface area contributed by atoms with Gasteiger partial charge in [0.2, 0.25) is 0 Å². The molecule has 5 heteroatoms. The lowest BCUT2D eigenvalue weighted by molar-refractivity contribution is -0.140. The van der Waals surface area contributed by atoms with Gasteiger partial charge in [-0.05, 0) is 24.6 Å². The monoisotopic (exact) mass is 329 g/mol. The van der Waals surface area contributed by atoms with Crippen LogP contribution in [-0.4, -0.2) is 30.4 Å². The number of carbonyl (C=O) groups excluding carboxylic acids is 2. The highest BCUT2D eigenvalue weighted by Crippen LogP contribution is 2.23. The van der Waals surface area contributed by atoms with Crippen LogP contribution in [0.25, 0.3) is 0 Å². The summed E-state index contributed by atoms with van der Waals surface area (Å²) in [4.78, 5) is 25.8. The highest BCUT2D eigenvalue weighted by molar-refractivity contribution is 5.95. The van der Waals surface area contributed by atoms with Crippen molar-refractivity contribution in [3.05, 3.63) is 71.5 Å². The van der Waals surface area contributed by atoms with E-state index in [-0.39, 0.29) is 24.6 Å². The van der Waals surface area contributed by atoms with E-state index in [9.17, 15) is 14.0 Å². The summed E-state index contributed by atoms with van der Waals surface area (Å²) in [6, 6.07) is 15.0. The van der Waals surface area contributed by atoms with Crippen molar-refractivity contribution < 1.29 is 18.7 Å². The third kappa shape index (κ3) is 4.19. The average Bonchev–Trinajstić information content (AvgIpc) is 2.62. The molecule has 1 unspecified atom stereocenters. The fourth-order valence-corrected chi connectivity index (χ4v) is 2.49. The van der Waals surface area contributed by atoms with Gasteiger partial charge in [-0.3, -0.25) is 9.59 Å². The summed E-state index contributed by atoms with van der Waals surface area (Å²) in [5.74, 6) is -1.44. The Hall–Kier alpha value is -2.69. The number of hydrogen-bond acceptors (Lipinski definition) is 3. The maximum absolute atomic E-state index is 14.0. The third-order valence-electron chi connectivity index (χ3n) is 3.90. The molecule has 2 aromatic rings. The van der Waals surface area contributed by atoms with Crippen molar-refractivity contribution in [3.8, 4) is 0 Å². The van der Waals surface area contributed by atoms with E-state index < -0.39 is 17.7 Å². The molecule has 4 nitrogen and oxygen atoms in total. The quantitative estimate of drug-likeness (QED) is 0.761. The Balaban J connectivity index is 2.30. The first-order valence-corrected chi connectivity index (χ1v) is 7.72. The van der Waals surface area contributed by atoms with Crippen molar-refractivity contribution in [3.63, 3.8) is 0 Å². The number of benzene rings is 2. The molecule has 2 rings (SSSR count). The predicted octanol–water partition coefficient (Wildman–Crippen LogP) is 3.59. The summed E-state index contributed by atoms with van der Waals surface area (Å²) in [5.41, 5.74) is 0.900. The molecular weight excluding hydrogens is 309 g/mol. The van der Waals surface area contributed by atoms with Gasteiger partial charge in [-0.2, -0.15) is 0 Å². The summed E-state index contributed by atoms with van der Waals surface area (Å²) < 4.78 is 18.6. The Kier molecular flexibility index (Phi) is 6.07. The second-order valence-corrected chi connectivity index (χ2v) is 5.39. The molecule has 0 saturated heterocycles. The zero-order valence-electron chi connectivity index (χ0n) is 13.7. The van der Waals surface area contributed by atoms with E-state index >= 15 is 0 Å². The largest absolute Gasteiger partial charge is 0.469 e. The SMILES string of the molecule is COC(=O)CCN(C(=O)c1ccccc1F)C(C)c1ccccc1. The van der Waals surface area contributed by atoms with Crippen molar-refractivity contribution in [1.82, 2.24) is 4.90 Å². The van der Waals surface area contributed by atoms with Gasteiger partial charge in [0, 0.05) is 6.54 Å². The highest BCUT2D eigenvalue weighted by atomic mass is 19.1. The number of rotatable bonds is 6. The molecular formula is C19H20FNO3. The molecule has 1 atom stereocenters. The Morgan fingerprint density at radius 2 is 1.71 bits per heavy atom. The van der Waals surface area contributed by atoms with Gasteiger partial charge in [0.1, 0.15) is 5.82 Å². The van der Waals surface area contributed by atoms with Gasteiger partial charge in [0.05, 0.1) is 25.1 Å². The number of amides is 1. The zero-order chi connectivity index (χ0) is 17.5. The van der Waals surface area contributed by atoms with Crippen LogP contribution in [0, 0.1) is 5.82 Å².